The number of fused-ring (bicyclic) bond motifs is 5. The largest absolute Gasteiger partial charge is 0.468 e. The van der Waals surface area contributed by atoms with Crippen molar-refractivity contribution in [1.29, 1.82) is 0 Å². The first kappa shape index (κ1) is 17.9. The molecule has 6 atom stereocenters. The van der Waals surface area contributed by atoms with E-state index in [0.717, 1.165) is 19.3 Å². The molecule has 5 nitrogen and oxygen atoms in total. The van der Waals surface area contributed by atoms with Crippen molar-refractivity contribution in [2.24, 2.45) is 34.0 Å². The van der Waals surface area contributed by atoms with Gasteiger partial charge in [0.2, 0.25) is 0 Å². The van der Waals surface area contributed by atoms with Crippen LogP contribution in [0.25, 0.3) is 0 Å². The maximum atomic E-state index is 13.4. The van der Waals surface area contributed by atoms with Crippen LogP contribution in [0.4, 0.5) is 0 Å². The highest BCUT2D eigenvalue weighted by molar-refractivity contribution is 6.08. The van der Waals surface area contributed by atoms with E-state index in [9.17, 15) is 19.2 Å². The first-order valence-corrected chi connectivity index (χ1v) is 9.88. The van der Waals surface area contributed by atoms with Gasteiger partial charge in [0.25, 0.3) is 0 Å². The number of methoxy groups -OCH3 is 1. The van der Waals surface area contributed by atoms with Gasteiger partial charge in [0.15, 0.2) is 5.78 Å². The van der Waals surface area contributed by atoms with Gasteiger partial charge < -0.3 is 4.74 Å². The van der Waals surface area contributed by atoms with Crippen LogP contribution in [0.15, 0.2) is 0 Å². The molecule has 0 aromatic rings. The number of carbonyl (C=O) groups is 4. The third kappa shape index (κ3) is 1.92. The van der Waals surface area contributed by atoms with Crippen LogP contribution in [-0.2, 0) is 23.9 Å². The van der Waals surface area contributed by atoms with Crippen molar-refractivity contribution < 1.29 is 23.9 Å². The average Bonchev–Trinajstić information content (AvgIpc) is 2.91. The molecule has 0 unspecified atom stereocenters. The summed E-state index contributed by atoms with van der Waals surface area (Å²) in [5.74, 6) is -0.815. The highest BCUT2D eigenvalue weighted by atomic mass is 16.5. The minimum atomic E-state index is -1.19. The molecule has 4 aliphatic rings. The van der Waals surface area contributed by atoms with Crippen molar-refractivity contribution in [1.82, 2.24) is 0 Å². The van der Waals surface area contributed by atoms with Crippen LogP contribution < -0.4 is 0 Å². The molecule has 4 aliphatic carbocycles. The summed E-state index contributed by atoms with van der Waals surface area (Å²) in [5, 5.41) is 0. The minimum absolute atomic E-state index is 0.0442. The molecule has 0 heterocycles. The molecule has 142 valence electrons. The van der Waals surface area contributed by atoms with Gasteiger partial charge in [0.1, 0.15) is 17.0 Å². The fourth-order valence-corrected chi connectivity index (χ4v) is 7.37. The summed E-state index contributed by atoms with van der Waals surface area (Å²) >= 11 is 0. The molecular formula is C21H28O5. The van der Waals surface area contributed by atoms with Gasteiger partial charge in [-0.1, -0.05) is 13.8 Å². The van der Waals surface area contributed by atoms with E-state index in [2.05, 4.69) is 6.92 Å². The maximum absolute atomic E-state index is 13.4. The van der Waals surface area contributed by atoms with Crippen LogP contribution >= 0.6 is 0 Å². The number of ketones is 3. The number of hydrogen-bond acceptors (Lipinski definition) is 5. The van der Waals surface area contributed by atoms with Crippen molar-refractivity contribution in [2.75, 3.05) is 7.11 Å². The summed E-state index contributed by atoms with van der Waals surface area (Å²) in [6.45, 7) is 4.04. The molecule has 0 aliphatic heterocycles. The molecular weight excluding hydrogens is 332 g/mol. The van der Waals surface area contributed by atoms with Gasteiger partial charge in [-0.2, -0.15) is 0 Å². The van der Waals surface area contributed by atoms with Crippen LogP contribution in [-0.4, -0.2) is 30.4 Å². The van der Waals surface area contributed by atoms with Gasteiger partial charge >= 0.3 is 5.97 Å². The van der Waals surface area contributed by atoms with Gasteiger partial charge in [-0.15, -0.1) is 0 Å². The van der Waals surface area contributed by atoms with E-state index in [-0.39, 0.29) is 46.9 Å². The number of ether oxygens (including phenoxy) is 1. The third-order valence-electron chi connectivity index (χ3n) is 8.49. The number of Topliss-reactive ketones (excluding diaryl/α,β-unsaturated/α-hetero) is 3. The number of hydrogen-bond donors (Lipinski definition) is 0. The lowest BCUT2D eigenvalue weighted by Gasteiger charge is -2.62. The second-order valence-electron chi connectivity index (χ2n) is 9.50. The first-order valence-electron chi connectivity index (χ1n) is 9.88. The summed E-state index contributed by atoms with van der Waals surface area (Å²) in [6.07, 6.45) is 4.43. The van der Waals surface area contributed by atoms with E-state index in [4.69, 9.17) is 4.74 Å². The minimum Gasteiger partial charge on any atom is -0.468 e. The van der Waals surface area contributed by atoms with E-state index >= 15 is 0 Å². The van der Waals surface area contributed by atoms with Crippen molar-refractivity contribution in [3.8, 4) is 0 Å². The second kappa shape index (κ2) is 5.49. The lowest BCUT2D eigenvalue weighted by Crippen LogP contribution is -2.67. The first-order chi connectivity index (χ1) is 12.2. The standard InChI is InChI=1S/C21H28O5/c1-19-8-7-14-20(2,15(19)10-13(22)11-19)17(24)9-12-5-4-6-16(23)21(12,14)18(25)26-3/h12,14-15H,4-11H2,1-3H3/t12-,14-,15+,19-,20-,21+/m0/s1. The number of esters is 1. The Bertz CT molecular complexity index is 701. The van der Waals surface area contributed by atoms with Crippen LogP contribution in [0, 0.1) is 34.0 Å². The Hall–Kier alpha value is -1.52. The highest BCUT2D eigenvalue weighted by Gasteiger charge is 2.73. The molecule has 0 amide bonds. The van der Waals surface area contributed by atoms with Gasteiger partial charge in [0, 0.05) is 31.1 Å². The SMILES string of the molecule is COC(=O)[C@]12C(=O)CCC[C@H]1CC(=O)[C@]1(C)[C@@H]3CC(=O)C[C@]3(C)CC[C@@H]12. The summed E-state index contributed by atoms with van der Waals surface area (Å²) in [4.78, 5) is 51.9. The maximum Gasteiger partial charge on any atom is 0.319 e. The normalized spacial score (nSPS) is 47.8. The Balaban J connectivity index is 1.90. The quantitative estimate of drug-likeness (QED) is 0.531. The summed E-state index contributed by atoms with van der Waals surface area (Å²) in [5.41, 5.74) is -2.18. The Kier molecular flexibility index (Phi) is 3.78. The molecule has 0 aromatic carbocycles. The van der Waals surface area contributed by atoms with Crippen LogP contribution in [0.1, 0.15) is 65.2 Å². The zero-order valence-corrected chi connectivity index (χ0v) is 15.9. The van der Waals surface area contributed by atoms with Crippen LogP contribution in [0.2, 0.25) is 0 Å². The Morgan fingerprint density at radius 2 is 1.77 bits per heavy atom. The molecule has 4 saturated carbocycles. The molecule has 0 N–H and O–H groups in total. The fourth-order valence-electron chi connectivity index (χ4n) is 7.37. The van der Waals surface area contributed by atoms with E-state index in [0.29, 0.717) is 25.7 Å². The van der Waals surface area contributed by atoms with Crippen LogP contribution in [0.5, 0.6) is 0 Å². The van der Waals surface area contributed by atoms with Gasteiger partial charge in [-0.05, 0) is 48.9 Å². The number of rotatable bonds is 1. The van der Waals surface area contributed by atoms with E-state index in [1.165, 1.54) is 7.11 Å². The van der Waals surface area contributed by atoms with Crippen LogP contribution in [0.3, 0.4) is 0 Å². The Morgan fingerprint density at radius 3 is 2.46 bits per heavy atom. The zero-order chi connectivity index (χ0) is 18.9. The van der Waals surface area contributed by atoms with Gasteiger partial charge in [-0.25, -0.2) is 0 Å². The third-order valence-corrected chi connectivity index (χ3v) is 8.49. The summed E-state index contributed by atoms with van der Waals surface area (Å²) in [7, 11) is 1.34. The van der Waals surface area contributed by atoms with Crippen molar-refractivity contribution in [2.45, 2.75) is 65.2 Å². The summed E-state index contributed by atoms with van der Waals surface area (Å²) < 4.78 is 5.17. The molecule has 0 bridgehead atoms. The lowest BCUT2D eigenvalue weighted by atomic mass is 9.39. The molecule has 0 radical (unpaired) electrons. The molecule has 5 heteroatoms. The monoisotopic (exact) mass is 360 g/mol. The predicted molar refractivity (Wildman–Crippen MR) is 93.1 cm³/mol. The van der Waals surface area contributed by atoms with E-state index < -0.39 is 16.8 Å². The lowest BCUT2D eigenvalue weighted by molar-refractivity contribution is -0.197. The zero-order valence-electron chi connectivity index (χ0n) is 15.9. The van der Waals surface area contributed by atoms with E-state index in [1.54, 1.807) is 0 Å². The molecule has 4 rings (SSSR count). The molecule has 4 fully saturated rings. The molecule has 0 saturated heterocycles. The fraction of sp³-hybridized carbons (Fsp3) is 0.810. The van der Waals surface area contributed by atoms with Gasteiger partial charge in [0.05, 0.1) is 7.11 Å². The average molecular weight is 360 g/mol. The molecule has 0 spiro atoms. The predicted octanol–water partition coefficient (Wildman–Crippen LogP) is 2.89. The summed E-state index contributed by atoms with van der Waals surface area (Å²) in [6, 6.07) is 0. The topological polar surface area (TPSA) is 77.5 Å². The Labute approximate surface area is 154 Å². The Morgan fingerprint density at radius 1 is 1.04 bits per heavy atom. The molecule has 0 aromatic heterocycles. The number of carbonyl (C=O) groups excluding carboxylic acids is 4. The molecule has 26 heavy (non-hydrogen) atoms. The second-order valence-corrected chi connectivity index (χ2v) is 9.50. The van der Waals surface area contributed by atoms with Crippen molar-refractivity contribution in [3.63, 3.8) is 0 Å². The highest BCUT2D eigenvalue weighted by Crippen LogP contribution is 2.69. The smallest absolute Gasteiger partial charge is 0.319 e. The van der Waals surface area contributed by atoms with Crippen molar-refractivity contribution >= 4 is 23.3 Å². The van der Waals surface area contributed by atoms with E-state index in [1.807, 2.05) is 6.92 Å². The van der Waals surface area contributed by atoms with Crippen molar-refractivity contribution in [3.05, 3.63) is 0 Å². The van der Waals surface area contributed by atoms with Gasteiger partial charge in [-0.3, -0.25) is 19.2 Å².